The van der Waals surface area contributed by atoms with Gasteiger partial charge in [-0.15, -0.1) is 0 Å². The molecule has 0 aliphatic rings. The fraction of sp³-hybridized carbons (Fsp3) is 0.0625. The second kappa shape index (κ2) is 7.17. The van der Waals surface area contributed by atoms with Gasteiger partial charge in [0.2, 0.25) is 0 Å². The monoisotopic (exact) mass is 304 g/mol. The summed E-state index contributed by atoms with van der Waals surface area (Å²) in [6.45, 7) is 0. The number of ether oxygens (including phenoxy) is 1. The van der Waals surface area contributed by atoms with Crippen molar-refractivity contribution >= 4 is 29.1 Å². The first-order valence-electron chi connectivity index (χ1n) is 5.97. The van der Waals surface area contributed by atoms with Crippen LogP contribution < -0.4 is 4.74 Å². The zero-order valence-corrected chi connectivity index (χ0v) is 12.4. The molecule has 2 aromatic carbocycles. The van der Waals surface area contributed by atoms with Gasteiger partial charge in [-0.3, -0.25) is 4.79 Å². The van der Waals surface area contributed by atoms with Crippen LogP contribution in [0.4, 0.5) is 0 Å². The predicted octanol–water partition coefficient (Wildman–Crippen LogP) is 4.75. The third kappa shape index (κ3) is 4.15. The third-order valence-corrected chi connectivity index (χ3v) is 3.74. The van der Waals surface area contributed by atoms with Gasteiger partial charge in [-0.2, -0.15) is 0 Å². The van der Waals surface area contributed by atoms with Crippen LogP contribution in [0.5, 0.6) is 5.75 Å². The molecule has 0 fully saturated rings. The largest absolute Gasteiger partial charge is 0.497 e. The van der Waals surface area contributed by atoms with Crippen LogP contribution >= 0.6 is 23.4 Å². The van der Waals surface area contributed by atoms with Gasteiger partial charge in [-0.05, 0) is 36.4 Å². The molecular weight excluding hydrogens is 292 g/mol. The predicted molar refractivity (Wildman–Crippen MR) is 83.6 cm³/mol. The zero-order chi connectivity index (χ0) is 14.4. The van der Waals surface area contributed by atoms with Crippen LogP contribution in [0, 0.1) is 0 Å². The Balaban J connectivity index is 2.06. The minimum Gasteiger partial charge on any atom is -0.497 e. The Hall–Kier alpha value is -1.71. The Kier molecular flexibility index (Phi) is 5.27. The highest BCUT2D eigenvalue weighted by molar-refractivity contribution is 8.04. The molecule has 0 spiro atoms. The molecular formula is C16H13ClO2S. The van der Waals surface area contributed by atoms with Crippen LogP contribution in [0.1, 0.15) is 10.4 Å². The van der Waals surface area contributed by atoms with Gasteiger partial charge in [-0.25, -0.2) is 0 Å². The van der Waals surface area contributed by atoms with Crippen molar-refractivity contribution < 1.29 is 9.53 Å². The second-order valence-corrected chi connectivity index (χ2v) is 5.70. The van der Waals surface area contributed by atoms with Crippen molar-refractivity contribution in [2.45, 2.75) is 4.90 Å². The fourth-order valence-electron chi connectivity index (χ4n) is 1.57. The van der Waals surface area contributed by atoms with E-state index in [-0.39, 0.29) is 5.78 Å². The molecule has 2 nitrogen and oxygen atoms in total. The van der Waals surface area contributed by atoms with Gasteiger partial charge in [0, 0.05) is 16.5 Å². The molecule has 0 radical (unpaired) electrons. The molecule has 0 heterocycles. The number of hydrogen-bond acceptors (Lipinski definition) is 3. The highest BCUT2D eigenvalue weighted by Gasteiger charge is 2.05. The van der Waals surface area contributed by atoms with E-state index in [9.17, 15) is 4.79 Å². The number of thioether (sulfide) groups is 1. The van der Waals surface area contributed by atoms with Gasteiger partial charge in [0.15, 0.2) is 5.78 Å². The maximum absolute atomic E-state index is 12.0. The summed E-state index contributed by atoms with van der Waals surface area (Å²) in [6, 6.07) is 16.6. The number of benzene rings is 2. The van der Waals surface area contributed by atoms with Gasteiger partial charge in [-0.1, -0.05) is 41.6 Å². The number of halogens is 1. The molecule has 0 aliphatic heterocycles. The van der Waals surface area contributed by atoms with Crippen LogP contribution in [0.3, 0.4) is 0 Å². The molecule has 0 bridgehead atoms. The summed E-state index contributed by atoms with van der Waals surface area (Å²) in [5, 5.41) is 0. The summed E-state index contributed by atoms with van der Waals surface area (Å²) >= 11 is 7.45. The van der Waals surface area contributed by atoms with Crippen LogP contribution in [-0.2, 0) is 0 Å². The van der Waals surface area contributed by atoms with E-state index in [0.29, 0.717) is 9.93 Å². The van der Waals surface area contributed by atoms with E-state index in [1.165, 1.54) is 17.8 Å². The van der Waals surface area contributed by atoms with Gasteiger partial charge in [0.1, 0.15) is 5.75 Å². The van der Waals surface area contributed by atoms with Crippen molar-refractivity contribution in [1.82, 2.24) is 0 Å². The summed E-state index contributed by atoms with van der Waals surface area (Å²) in [6.07, 6.45) is 1.43. The molecule has 2 rings (SSSR count). The van der Waals surface area contributed by atoms with Gasteiger partial charge < -0.3 is 4.74 Å². The average Bonchev–Trinajstić information content (AvgIpc) is 2.48. The van der Waals surface area contributed by atoms with Crippen molar-refractivity contribution in [1.29, 1.82) is 0 Å². The summed E-state index contributed by atoms with van der Waals surface area (Å²) in [4.78, 5) is 13.0. The van der Waals surface area contributed by atoms with Crippen molar-refractivity contribution in [2.24, 2.45) is 0 Å². The van der Waals surface area contributed by atoms with Gasteiger partial charge in [0.05, 0.1) is 11.5 Å². The summed E-state index contributed by atoms with van der Waals surface area (Å²) in [5.74, 6) is 0.594. The molecule has 0 saturated heterocycles. The summed E-state index contributed by atoms with van der Waals surface area (Å²) in [5.41, 5.74) is 0.581. The molecule has 0 aliphatic carbocycles. The molecule has 0 N–H and O–H groups in total. The minimum absolute atomic E-state index is 0.124. The standard InChI is InChI=1S/C16H13ClO2S/c1-19-13-9-7-12(8-10-13)15(18)11-16(17)20-14-5-3-2-4-6-14/h2-11H,1H3/b16-11+. The summed E-state index contributed by atoms with van der Waals surface area (Å²) in [7, 11) is 1.59. The van der Waals surface area contributed by atoms with Gasteiger partial charge in [0.25, 0.3) is 0 Å². The Morgan fingerprint density at radius 1 is 1.10 bits per heavy atom. The van der Waals surface area contributed by atoms with E-state index < -0.39 is 0 Å². The lowest BCUT2D eigenvalue weighted by Crippen LogP contribution is -1.94. The molecule has 0 amide bonds. The smallest absolute Gasteiger partial charge is 0.187 e. The van der Waals surface area contributed by atoms with Gasteiger partial charge >= 0.3 is 0 Å². The number of methoxy groups -OCH3 is 1. The third-order valence-electron chi connectivity index (χ3n) is 2.58. The first kappa shape index (κ1) is 14.7. The average molecular weight is 305 g/mol. The molecule has 2 aromatic rings. The van der Waals surface area contributed by atoms with E-state index in [2.05, 4.69) is 0 Å². The first-order valence-corrected chi connectivity index (χ1v) is 7.17. The van der Waals surface area contributed by atoms with Crippen LogP contribution in [-0.4, -0.2) is 12.9 Å². The van der Waals surface area contributed by atoms with E-state index in [1.54, 1.807) is 31.4 Å². The molecule has 20 heavy (non-hydrogen) atoms. The molecule has 4 heteroatoms. The maximum Gasteiger partial charge on any atom is 0.187 e. The highest BCUT2D eigenvalue weighted by atomic mass is 35.5. The number of rotatable bonds is 5. The lowest BCUT2D eigenvalue weighted by atomic mass is 10.1. The van der Waals surface area contributed by atoms with E-state index >= 15 is 0 Å². The van der Waals surface area contributed by atoms with Crippen molar-refractivity contribution in [3.8, 4) is 5.75 Å². The Morgan fingerprint density at radius 3 is 2.35 bits per heavy atom. The number of hydrogen-bond donors (Lipinski definition) is 0. The lowest BCUT2D eigenvalue weighted by Gasteiger charge is -2.01. The lowest BCUT2D eigenvalue weighted by molar-refractivity contribution is 0.104. The number of carbonyl (C=O) groups excluding carboxylic acids is 1. The molecule has 102 valence electrons. The molecule has 0 unspecified atom stereocenters. The topological polar surface area (TPSA) is 26.3 Å². The van der Waals surface area contributed by atoms with Crippen molar-refractivity contribution in [2.75, 3.05) is 7.11 Å². The van der Waals surface area contributed by atoms with Crippen molar-refractivity contribution in [3.05, 3.63) is 70.6 Å². The van der Waals surface area contributed by atoms with Crippen LogP contribution in [0.15, 0.2) is 69.9 Å². The maximum atomic E-state index is 12.0. The SMILES string of the molecule is COc1ccc(C(=O)/C=C(\Cl)Sc2ccccc2)cc1. The molecule has 0 saturated carbocycles. The fourth-order valence-corrected chi connectivity index (χ4v) is 2.62. The van der Waals surface area contributed by atoms with E-state index in [1.807, 2.05) is 30.3 Å². The Morgan fingerprint density at radius 2 is 1.75 bits per heavy atom. The quantitative estimate of drug-likeness (QED) is 0.453. The Bertz CT molecular complexity index is 606. The van der Waals surface area contributed by atoms with Crippen LogP contribution in [0.25, 0.3) is 0 Å². The van der Waals surface area contributed by atoms with Crippen molar-refractivity contribution in [3.63, 3.8) is 0 Å². The van der Waals surface area contributed by atoms with E-state index in [4.69, 9.17) is 16.3 Å². The minimum atomic E-state index is -0.124. The molecule has 0 aromatic heterocycles. The number of carbonyl (C=O) groups is 1. The first-order chi connectivity index (χ1) is 9.69. The number of allylic oxidation sites excluding steroid dienone is 1. The zero-order valence-electron chi connectivity index (χ0n) is 10.9. The normalized spacial score (nSPS) is 11.2. The number of ketones is 1. The second-order valence-electron chi connectivity index (χ2n) is 3.96. The Labute approximate surface area is 127 Å². The highest BCUT2D eigenvalue weighted by Crippen LogP contribution is 2.29. The van der Waals surface area contributed by atoms with Crippen LogP contribution in [0.2, 0.25) is 0 Å². The van der Waals surface area contributed by atoms with E-state index in [0.717, 1.165) is 10.6 Å². The molecule has 0 atom stereocenters. The summed E-state index contributed by atoms with van der Waals surface area (Å²) < 4.78 is 5.49.